The summed E-state index contributed by atoms with van der Waals surface area (Å²) in [6, 6.07) is 2.81. The third kappa shape index (κ3) is 2.84. The van der Waals surface area contributed by atoms with Crippen LogP contribution in [0.15, 0.2) is 22.1 Å². The van der Waals surface area contributed by atoms with Crippen LogP contribution in [-0.2, 0) is 6.54 Å². The molecule has 0 amide bonds. The van der Waals surface area contributed by atoms with E-state index in [2.05, 4.69) is 42.7 Å². The average Bonchev–Trinajstić information content (AvgIpc) is 3.07. The Kier molecular flexibility index (Phi) is 3.82. The molecule has 1 fully saturated rings. The second-order valence-corrected chi connectivity index (χ2v) is 6.56. The SMILES string of the molecule is Brc1csc(-c2cnc(CNC3CCCC3)[nH]2)c1. The number of aromatic amines is 1. The van der Waals surface area contributed by atoms with E-state index in [9.17, 15) is 0 Å². The van der Waals surface area contributed by atoms with E-state index < -0.39 is 0 Å². The van der Waals surface area contributed by atoms with E-state index in [0.29, 0.717) is 6.04 Å². The van der Waals surface area contributed by atoms with Crippen molar-refractivity contribution < 1.29 is 0 Å². The van der Waals surface area contributed by atoms with Crippen LogP contribution in [0.4, 0.5) is 0 Å². The fourth-order valence-corrected chi connectivity index (χ4v) is 3.80. The molecule has 0 aromatic carbocycles. The van der Waals surface area contributed by atoms with Crippen molar-refractivity contribution in [3.05, 3.63) is 27.9 Å². The maximum atomic E-state index is 4.44. The van der Waals surface area contributed by atoms with E-state index in [-0.39, 0.29) is 0 Å². The molecule has 0 saturated heterocycles. The van der Waals surface area contributed by atoms with Gasteiger partial charge < -0.3 is 10.3 Å². The molecule has 1 aliphatic carbocycles. The van der Waals surface area contributed by atoms with Gasteiger partial charge in [0, 0.05) is 15.9 Å². The zero-order valence-electron chi connectivity index (χ0n) is 10.1. The smallest absolute Gasteiger partial charge is 0.120 e. The molecule has 1 saturated carbocycles. The quantitative estimate of drug-likeness (QED) is 0.894. The monoisotopic (exact) mass is 325 g/mol. The van der Waals surface area contributed by atoms with E-state index in [4.69, 9.17) is 0 Å². The maximum Gasteiger partial charge on any atom is 0.120 e. The lowest BCUT2D eigenvalue weighted by Gasteiger charge is -2.09. The normalized spacial score (nSPS) is 16.5. The van der Waals surface area contributed by atoms with Crippen LogP contribution in [0.1, 0.15) is 31.5 Å². The average molecular weight is 326 g/mol. The number of nitrogens with zero attached hydrogens (tertiary/aromatic N) is 1. The minimum absolute atomic E-state index is 0.689. The predicted molar refractivity (Wildman–Crippen MR) is 78.7 cm³/mol. The van der Waals surface area contributed by atoms with Crippen molar-refractivity contribution in [1.82, 2.24) is 15.3 Å². The van der Waals surface area contributed by atoms with Crippen molar-refractivity contribution in [2.24, 2.45) is 0 Å². The van der Waals surface area contributed by atoms with Crippen LogP contribution in [0, 0.1) is 0 Å². The fraction of sp³-hybridized carbons (Fsp3) is 0.462. The summed E-state index contributed by atoms with van der Waals surface area (Å²) in [5.74, 6) is 1.03. The Labute approximate surface area is 119 Å². The topological polar surface area (TPSA) is 40.7 Å². The van der Waals surface area contributed by atoms with Gasteiger partial charge in [-0.2, -0.15) is 0 Å². The highest BCUT2D eigenvalue weighted by Gasteiger charge is 2.14. The molecular formula is C13H16BrN3S. The number of hydrogen-bond acceptors (Lipinski definition) is 3. The molecule has 3 rings (SSSR count). The van der Waals surface area contributed by atoms with E-state index in [1.807, 2.05) is 6.20 Å². The van der Waals surface area contributed by atoms with Crippen molar-refractivity contribution in [1.29, 1.82) is 0 Å². The lowest BCUT2D eigenvalue weighted by Crippen LogP contribution is -2.25. The molecule has 0 spiro atoms. The summed E-state index contributed by atoms with van der Waals surface area (Å²) in [7, 11) is 0. The van der Waals surface area contributed by atoms with Gasteiger partial charge in [-0.05, 0) is 34.8 Å². The van der Waals surface area contributed by atoms with Crippen molar-refractivity contribution in [3.63, 3.8) is 0 Å². The Balaban J connectivity index is 1.62. The summed E-state index contributed by atoms with van der Waals surface area (Å²) in [4.78, 5) is 9.04. The largest absolute Gasteiger partial charge is 0.340 e. The molecule has 96 valence electrons. The van der Waals surface area contributed by atoms with E-state index in [0.717, 1.165) is 22.5 Å². The third-order valence-electron chi connectivity index (χ3n) is 3.37. The molecule has 2 aromatic rings. The van der Waals surface area contributed by atoms with Crippen LogP contribution < -0.4 is 5.32 Å². The molecule has 3 nitrogen and oxygen atoms in total. The Morgan fingerprint density at radius 2 is 2.28 bits per heavy atom. The highest BCUT2D eigenvalue weighted by atomic mass is 79.9. The standard InChI is InChI=1S/C13H16BrN3S/c14-9-5-12(18-8-9)11-6-16-13(17-11)7-15-10-3-1-2-4-10/h5-6,8,10,15H,1-4,7H2,(H,16,17). The number of halogens is 1. The van der Waals surface area contributed by atoms with Gasteiger partial charge in [-0.25, -0.2) is 4.98 Å². The minimum Gasteiger partial charge on any atom is -0.340 e. The molecule has 2 N–H and O–H groups in total. The molecule has 0 aliphatic heterocycles. The first-order valence-corrected chi connectivity index (χ1v) is 8.00. The van der Waals surface area contributed by atoms with Crippen LogP contribution in [0.2, 0.25) is 0 Å². The number of thiophene rings is 1. The Hall–Kier alpha value is -0.650. The molecule has 18 heavy (non-hydrogen) atoms. The summed E-state index contributed by atoms with van der Waals surface area (Å²) in [6.07, 6.45) is 7.27. The molecule has 0 atom stereocenters. The Morgan fingerprint density at radius 1 is 1.44 bits per heavy atom. The summed E-state index contributed by atoms with van der Waals surface area (Å²) in [6.45, 7) is 0.844. The van der Waals surface area contributed by atoms with Crippen molar-refractivity contribution in [2.45, 2.75) is 38.3 Å². The van der Waals surface area contributed by atoms with E-state index >= 15 is 0 Å². The summed E-state index contributed by atoms with van der Waals surface area (Å²) < 4.78 is 1.13. The van der Waals surface area contributed by atoms with Crippen LogP contribution in [0.5, 0.6) is 0 Å². The number of rotatable bonds is 4. The van der Waals surface area contributed by atoms with Gasteiger partial charge in [-0.15, -0.1) is 11.3 Å². The summed E-state index contributed by atoms with van der Waals surface area (Å²) in [5, 5.41) is 5.66. The number of imidazole rings is 1. The zero-order chi connectivity index (χ0) is 12.4. The molecule has 0 radical (unpaired) electrons. The second kappa shape index (κ2) is 5.55. The van der Waals surface area contributed by atoms with Crippen LogP contribution >= 0.6 is 27.3 Å². The highest BCUT2D eigenvalue weighted by Crippen LogP contribution is 2.28. The van der Waals surface area contributed by atoms with Gasteiger partial charge in [-0.3, -0.25) is 0 Å². The number of aromatic nitrogens is 2. The Bertz CT molecular complexity index is 514. The molecule has 5 heteroatoms. The second-order valence-electron chi connectivity index (χ2n) is 4.74. The van der Waals surface area contributed by atoms with Gasteiger partial charge in [0.15, 0.2) is 0 Å². The van der Waals surface area contributed by atoms with Crippen molar-refractivity contribution in [3.8, 4) is 10.6 Å². The van der Waals surface area contributed by atoms with Gasteiger partial charge in [0.1, 0.15) is 5.82 Å². The van der Waals surface area contributed by atoms with Crippen LogP contribution in [0.3, 0.4) is 0 Å². The minimum atomic E-state index is 0.689. The molecule has 1 aliphatic rings. The maximum absolute atomic E-state index is 4.44. The van der Waals surface area contributed by atoms with E-state index in [1.54, 1.807) is 11.3 Å². The first-order chi connectivity index (χ1) is 8.81. The first-order valence-electron chi connectivity index (χ1n) is 6.33. The van der Waals surface area contributed by atoms with Crippen molar-refractivity contribution in [2.75, 3.05) is 0 Å². The molecule has 0 bridgehead atoms. The van der Waals surface area contributed by atoms with Gasteiger partial charge >= 0.3 is 0 Å². The lowest BCUT2D eigenvalue weighted by atomic mass is 10.2. The van der Waals surface area contributed by atoms with Gasteiger partial charge in [-0.1, -0.05) is 12.8 Å². The van der Waals surface area contributed by atoms with Crippen LogP contribution in [0.25, 0.3) is 10.6 Å². The molecular weight excluding hydrogens is 310 g/mol. The molecule has 2 aromatic heterocycles. The summed E-state index contributed by atoms with van der Waals surface area (Å²) >= 11 is 5.20. The van der Waals surface area contributed by atoms with E-state index in [1.165, 1.54) is 30.6 Å². The molecule has 0 unspecified atom stereocenters. The zero-order valence-corrected chi connectivity index (χ0v) is 12.5. The highest BCUT2D eigenvalue weighted by molar-refractivity contribution is 9.10. The third-order valence-corrected chi connectivity index (χ3v) is 5.10. The predicted octanol–water partition coefficient (Wildman–Crippen LogP) is 3.93. The van der Waals surface area contributed by atoms with Crippen LogP contribution in [-0.4, -0.2) is 16.0 Å². The van der Waals surface area contributed by atoms with Gasteiger partial charge in [0.25, 0.3) is 0 Å². The number of nitrogens with one attached hydrogen (secondary N) is 2. The molecule has 2 heterocycles. The van der Waals surface area contributed by atoms with Crippen molar-refractivity contribution >= 4 is 27.3 Å². The first kappa shape index (κ1) is 12.4. The lowest BCUT2D eigenvalue weighted by molar-refractivity contribution is 0.515. The fourth-order valence-electron chi connectivity index (χ4n) is 2.40. The Morgan fingerprint density at radius 3 is 3.00 bits per heavy atom. The van der Waals surface area contributed by atoms with Gasteiger partial charge in [0.2, 0.25) is 0 Å². The number of H-pyrrole nitrogens is 1. The number of hydrogen-bond donors (Lipinski definition) is 2. The van der Waals surface area contributed by atoms with Gasteiger partial charge in [0.05, 0.1) is 23.3 Å². The summed E-state index contributed by atoms with van der Waals surface area (Å²) in [5.41, 5.74) is 1.11.